The fraction of sp³-hybridized carbons (Fsp3) is 0. The van der Waals surface area contributed by atoms with Crippen molar-refractivity contribution < 1.29 is 0 Å². The molecule has 0 saturated heterocycles. The Morgan fingerprint density at radius 3 is 1.16 bits per heavy atom. The van der Waals surface area contributed by atoms with Crippen LogP contribution < -0.4 is 0 Å². The minimum atomic E-state index is 0.721. The first-order chi connectivity index (χ1) is 18.2. The van der Waals surface area contributed by atoms with Crippen LogP contribution in [0, 0.1) is 0 Å². The molecule has 1 heterocycles. The van der Waals surface area contributed by atoms with Crippen molar-refractivity contribution in [1.29, 1.82) is 0 Å². The number of nitrogens with zero attached hydrogens (tertiary/aromatic N) is 2. The van der Waals surface area contributed by atoms with Crippen LogP contribution in [0.2, 0.25) is 5.02 Å². The molecule has 0 spiro atoms. The fourth-order valence-electron chi connectivity index (χ4n) is 4.40. The lowest BCUT2D eigenvalue weighted by Crippen LogP contribution is -1.95. The highest BCUT2D eigenvalue weighted by Crippen LogP contribution is 2.30. The van der Waals surface area contributed by atoms with Crippen LogP contribution in [-0.2, 0) is 0 Å². The molecule has 2 nitrogen and oxygen atoms in total. The molecule has 0 N–H and O–H groups in total. The topological polar surface area (TPSA) is 25.8 Å². The molecule has 1 aromatic heterocycles. The van der Waals surface area contributed by atoms with E-state index >= 15 is 0 Å². The van der Waals surface area contributed by atoms with Gasteiger partial charge in [-0.25, -0.2) is 9.97 Å². The van der Waals surface area contributed by atoms with Crippen molar-refractivity contribution in [3.05, 3.63) is 145 Å². The van der Waals surface area contributed by atoms with Crippen LogP contribution in [0.4, 0.5) is 0 Å². The van der Waals surface area contributed by atoms with Gasteiger partial charge in [0.1, 0.15) is 0 Å². The SMILES string of the molecule is Clc1ccc(-c2ccc(-c3ccc(-c4cc(-c5ccccc5)nc(-c5ccccc5)n4)cc3)cc2)cc1. The molecule has 0 radical (unpaired) electrons. The molecule has 5 aromatic carbocycles. The van der Waals surface area contributed by atoms with E-state index in [1.54, 1.807) is 0 Å². The van der Waals surface area contributed by atoms with E-state index in [-0.39, 0.29) is 0 Å². The summed E-state index contributed by atoms with van der Waals surface area (Å²) in [5.74, 6) is 0.721. The minimum absolute atomic E-state index is 0.721. The predicted octanol–water partition coefficient (Wildman–Crippen LogP) is 9.46. The van der Waals surface area contributed by atoms with Gasteiger partial charge in [-0.2, -0.15) is 0 Å². The van der Waals surface area contributed by atoms with Gasteiger partial charge in [-0.3, -0.25) is 0 Å². The van der Waals surface area contributed by atoms with Gasteiger partial charge in [-0.05, 0) is 40.5 Å². The molecule has 0 amide bonds. The number of rotatable bonds is 5. The van der Waals surface area contributed by atoms with E-state index in [4.69, 9.17) is 21.6 Å². The molecule has 37 heavy (non-hydrogen) atoms. The summed E-state index contributed by atoms with van der Waals surface area (Å²) in [6, 6.07) is 47.5. The first-order valence-corrected chi connectivity index (χ1v) is 12.6. The zero-order valence-electron chi connectivity index (χ0n) is 20.1. The summed E-state index contributed by atoms with van der Waals surface area (Å²) in [5, 5.41) is 0.746. The van der Waals surface area contributed by atoms with Crippen molar-refractivity contribution in [1.82, 2.24) is 9.97 Å². The predicted molar refractivity (Wildman–Crippen MR) is 154 cm³/mol. The van der Waals surface area contributed by atoms with Crippen molar-refractivity contribution in [2.24, 2.45) is 0 Å². The van der Waals surface area contributed by atoms with Crippen molar-refractivity contribution in [2.45, 2.75) is 0 Å². The van der Waals surface area contributed by atoms with E-state index in [1.807, 2.05) is 72.8 Å². The summed E-state index contributed by atoms with van der Waals surface area (Å²) < 4.78 is 0. The third-order valence-electron chi connectivity index (χ3n) is 6.40. The van der Waals surface area contributed by atoms with E-state index in [1.165, 1.54) is 11.1 Å². The lowest BCUT2D eigenvalue weighted by Gasteiger charge is -2.10. The molecule has 3 heteroatoms. The maximum Gasteiger partial charge on any atom is 0.160 e. The molecular formula is C34H23ClN2. The molecule has 0 aliphatic carbocycles. The Morgan fingerprint density at radius 2 is 0.703 bits per heavy atom. The second kappa shape index (κ2) is 10.2. The van der Waals surface area contributed by atoms with Gasteiger partial charge in [0.25, 0.3) is 0 Å². The second-order valence-corrected chi connectivity index (χ2v) is 9.29. The van der Waals surface area contributed by atoms with Crippen molar-refractivity contribution in [3.63, 3.8) is 0 Å². The quantitative estimate of drug-likeness (QED) is 0.238. The summed E-state index contributed by atoms with van der Waals surface area (Å²) in [4.78, 5) is 9.82. The minimum Gasteiger partial charge on any atom is -0.228 e. The molecular weight excluding hydrogens is 472 g/mol. The Balaban J connectivity index is 1.33. The third-order valence-corrected chi connectivity index (χ3v) is 6.66. The third kappa shape index (κ3) is 5.06. The van der Waals surface area contributed by atoms with Crippen molar-refractivity contribution in [3.8, 4) is 56.2 Å². The molecule has 0 bridgehead atoms. The van der Waals surface area contributed by atoms with Crippen LogP contribution in [0.15, 0.2) is 140 Å². The Kier molecular flexibility index (Phi) is 6.33. The summed E-state index contributed by atoms with van der Waals surface area (Å²) in [7, 11) is 0. The molecule has 176 valence electrons. The van der Waals surface area contributed by atoms with Crippen molar-refractivity contribution >= 4 is 11.6 Å². The first kappa shape index (κ1) is 22.9. The first-order valence-electron chi connectivity index (χ1n) is 12.2. The van der Waals surface area contributed by atoms with Crippen molar-refractivity contribution in [2.75, 3.05) is 0 Å². The van der Waals surface area contributed by atoms with E-state index in [2.05, 4.69) is 66.7 Å². The van der Waals surface area contributed by atoms with Gasteiger partial charge in [-0.15, -0.1) is 0 Å². The van der Waals surface area contributed by atoms with Gasteiger partial charge in [0, 0.05) is 21.7 Å². The van der Waals surface area contributed by atoms with E-state index in [0.717, 1.165) is 50.1 Å². The Hall–Kier alpha value is -4.53. The lowest BCUT2D eigenvalue weighted by molar-refractivity contribution is 1.18. The highest BCUT2D eigenvalue weighted by Gasteiger charge is 2.11. The van der Waals surface area contributed by atoms with Crippen LogP contribution in [0.1, 0.15) is 0 Å². The number of benzene rings is 5. The second-order valence-electron chi connectivity index (χ2n) is 8.86. The van der Waals surface area contributed by atoms with Crippen LogP contribution in [-0.4, -0.2) is 9.97 Å². The fourth-order valence-corrected chi connectivity index (χ4v) is 4.53. The van der Waals surface area contributed by atoms with Gasteiger partial charge in [0.2, 0.25) is 0 Å². The Bertz CT molecular complexity index is 1570. The molecule has 0 fully saturated rings. The van der Waals surface area contributed by atoms with Gasteiger partial charge >= 0.3 is 0 Å². The van der Waals surface area contributed by atoms with Gasteiger partial charge in [0.05, 0.1) is 11.4 Å². The zero-order chi connectivity index (χ0) is 25.0. The number of hydrogen-bond donors (Lipinski definition) is 0. The smallest absolute Gasteiger partial charge is 0.160 e. The summed E-state index contributed by atoms with van der Waals surface area (Å²) >= 11 is 6.03. The maximum atomic E-state index is 6.03. The maximum absolute atomic E-state index is 6.03. The molecule has 6 aromatic rings. The van der Waals surface area contributed by atoms with Gasteiger partial charge < -0.3 is 0 Å². The number of aromatic nitrogens is 2. The van der Waals surface area contributed by atoms with Crippen LogP contribution in [0.3, 0.4) is 0 Å². The molecule has 0 unspecified atom stereocenters. The average Bonchev–Trinajstić information content (AvgIpc) is 2.98. The van der Waals surface area contributed by atoms with Crippen LogP contribution in [0.5, 0.6) is 0 Å². The van der Waals surface area contributed by atoms with Gasteiger partial charge in [-0.1, -0.05) is 133 Å². The summed E-state index contributed by atoms with van der Waals surface area (Å²) in [6.45, 7) is 0. The van der Waals surface area contributed by atoms with Gasteiger partial charge in [0.15, 0.2) is 5.82 Å². The average molecular weight is 495 g/mol. The van der Waals surface area contributed by atoms with E-state index in [9.17, 15) is 0 Å². The summed E-state index contributed by atoms with van der Waals surface area (Å²) in [5.41, 5.74) is 9.58. The molecule has 0 atom stereocenters. The van der Waals surface area contributed by atoms with Crippen LogP contribution >= 0.6 is 11.6 Å². The highest BCUT2D eigenvalue weighted by molar-refractivity contribution is 6.30. The standard InChI is InChI=1S/C34H23ClN2/c35-31-21-19-27(20-22-31)25-13-11-24(12-14-25)26-15-17-29(18-16-26)33-23-32(28-7-3-1-4-8-28)36-34(37-33)30-9-5-2-6-10-30/h1-23H. The molecule has 0 aliphatic rings. The highest BCUT2D eigenvalue weighted by atomic mass is 35.5. The zero-order valence-corrected chi connectivity index (χ0v) is 20.8. The van der Waals surface area contributed by atoms with E-state index in [0.29, 0.717) is 0 Å². The van der Waals surface area contributed by atoms with E-state index < -0.39 is 0 Å². The molecule has 0 saturated carbocycles. The monoisotopic (exact) mass is 494 g/mol. The molecule has 6 rings (SSSR count). The summed E-state index contributed by atoms with van der Waals surface area (Å²) in [6.07, 6.45) is 0. The van der Waals surface area contributed by atoms with Crippen LogP contribution in [0.25, 0.3) is 56.2 Å². The Labute approximate surface area is 221 Å². The number of halogens is 1. The molecule has 0 aliphatic heterocycles. The largest absolute Gasteiger partial charge is 0.228 e. The Morgan fingerprint density at radius 1 is 0.351 bits per heavy atom. The lowest BCUT2D eigenvalue weighted by atomic mass is 9.99. The normalized spacial score (nSPS) is 10.8. The number of hydrogen-bond acceptors (Lipinski definition) is 2.